The molecular formula is C13H7F2NO4. The molecule has 0 saturated carbocycles. The second-order valence-electron chi connectivity index (χ2n) is 3.78. The van der Waals surface area contributed by atoms with Gasteiger partial charge in [0.25, 0.3) is 0 Å². The molecule has 0 atom stereocenters. The minimum atomic E-state index is -1.09. The van der Waals surface area contributed by atoms with E-state index in [-0.39, 0.29) is 17.1 Å². The van der Waals surface area contributed by atoms with Gasteiger partial charge in [0.2, 0.25) is 5.82 Å². The van der Waals surface area contributed by atoms with Gasteiger partial charge in [-0.15, -0.1) is 0 Å². The Balaban J connectivity index is 2.28. The van der Waals surface area contributed by atoms with E-state index in [1.54, 1.807) is 0 Å². The Morgan fingerprint density at radius 1 is 1.10 bits per heavy atom. The molecule has 0 bridgehead atoms. The van der Waals surface area contributed by atoms with Crippen LogP contribution in [-0.2, 0) is 0 Å². The summed E-state index contributed by atoms with van der Waals surface area (Å²) < 4.78 is 32.0. The van der Waals surface area contributed by atoms with Crippen LogP contribution in [0.15, 0.2) is 36.4 Å². The summed E-state index contributed by atoms with van der Waals surface area (Å²) in [5.41, 5.74) is -0.571. The molecule has 0 aliphatic heterocycles. The van der Waals surface area contributed by atoms with Crippen molar-refractivity contribution in [2.75, 3.05) is 0 Å². The van der Waals surface area contributed by atoms with Crippen molar-refractivity contribution in [3.05, 3.63) is 63.7 Å². The molecule has 2 aromatic carbocycles. The van der Waals surface area contributed by atoms with Crippen molar-refractivity contribution in [3.8, 4) is 11.5 Å². The van der Waals surface area contributed by atoms with Gasteiger partial charge in [-0.3, -0.25) is 14.9 Å². The third kappa shape index (κ3) is 2.77. The molecule has 0 saturated heterocycles. The van der Waals surface area contributed by atoms with Crippen LogP contribution in [0.25, 0.3) is 0 Å². The van der Waals surface area contributed by atoms with Crippen LogP contribution < -0.4 is 4.74 Å². The van der Waals surface area contributed by atoms with E-state index in [0.29, 0.717) is 6.29 Å². The number of carbonyl (C=O) groups excluding carboxylic acids is 1. The second-order valence-corrected chi connectivity index (χ2v) is 3.78. The normalized spacial score (nSPS) is 10.1. The molecule has 7 heteroatoms. The summed E-state index contributed by atoms with van der Waals surface area (Å²) in [6.07, 6.45) is 0.471. The highest BCUT2D eigenvalue weighted by Crippen LogP contribution is 2.28. The molecule has 0 N–H and O–H groups in total. The van der Waals surface area contributed by atoms with E-state index in [0.717, 1.165) is 24.3 Å². The van der Waals surface area contributed by atoms with Gasteiger partial charge >= 0.3 is 5.69 Å². The molecule has 0 radical (unpaired) electrons. The number of hydrogen-bond donors (Lipinski definition) is 0. The zero-order valence-electron chi connectivity index (χ0n) is 9.88. The number of hydrogen-bond acceptors (Lipinski definition) is 4. The fourth-order valence-electron chi connectivity index (χ4n) is 1.50. The number of nitro groups is 1. The van der Waals surface area contributed by atoms with E-state index in [4.69, 9.17) is 4.74 Å². The fraction of sp³-hybridized carbons (Fsp3) is 0. The molecule has 0 aromatic heterocycles. The summed E-state index contributed by atoms with van der Waals surface area (Å²) in [5.74, 6) is -2.19. The minimum absolute atomic E-state index is 0.0918. The predicted molar refractivity (Wildman–Crippen MR) is 64.9 cm³/mol. The Hall–Kier alpha value is -2.83. The third-order valence-corrected chi connectivity index (χ3v) is 2.44. The van der Waals surface area contributed by atoms with Crippen molar-refractivity contribution >= 4 is 12.0 Å². The van der Waals surface area contributed by atoms with Crippen molar-refractivity contribution < 1.29 is 23.2 Å². The SMILES string of the molecule is O=Cc1ccc(Oc2ccc([N+](=O)[O-])c(F)c2)c(F)c1. The number of benzene rings is 2. The Bertz CT molecular complexity index is 688. The van der Waals surface area contributed by atoms with Gasteiger partial charge in [0.1, 0.15) is 12.0 Å². The molecule has 0 aliphatic carbocycles. The summed E-state index contributed by atoms with van der Waals surface area (Å²) in [4.78, 5) is 20.0. The van der Waals surface area contributed by atoms with Gasteiger partial charge in [0.15, 0.2) is 11.6 Å². The molecule has 102 valence electrons. The van der Waals surface area contributed by atoms with Crippen LogP contribution >= 0.6 is 0 Å². The van der Waals surface area contributed by atoms with E-state index in [1.807, 2.05) is 0 Å². The standard InChI is InChI=1S/C13H7F2NO4/c14-10-6-9(2-3-12(10)16(18)19)20-13-4-1-8(7-17)5-11(13)15/h1-7H. The number of carbonyl (C=O) groups is 1. The van der Waals surface area contributed by atoms with E-state index < -0.39 is 22.2 Å². The van der Waals surface area contributed by atoms with Crippen molar-refractivity contribution in [1.82, 2.24) is 0 Å². The summed E-state index contributed by atoms with van der Waals surface area (Å²) in [5, 5.41) is 10.4. The average molecular weight is 279 g/mol. The lowest BCUT2D eigenvalue weighted by Gasteiger charge is -2.07. The minimum Gasteiger partial charge on any atom is -0.454 e. The molecule has 0 spiro atoms. The maximum atomic E-state index is 13.5. The van der Waals surface area contributed by atoms with Crippen molar-refractivity contribution in [3.63, 3.8) is 0 Å². The van der Waals surface area contributed by atoms with Gasteiger partial charge in [-0.05, 0) is 24.3 Å². The lowest BCUT2D eigenvalue weighted by molar-refractivity contribution is -0.387. The zero-order valence-corrected chi connectivity index (χ0v) is 9.88. The molecule has 0 amide bonds. The van der Waals surface area contributed by atoms with Crippen molar-refractivity contribution in [2.45, 2.75) is 0 Å². The van der Waals surface area contributed by atoms with Gasteiger partial charge in [-0.2, -0.15) is 4.39 Å². The first kappa shape index (κ1) is 13.6. The third-order valence-electron chi connectivity index (χ3n) is 2.44. The van der Waals surface area contributed by atoms with Crippen LogP contribution in [-0.4, -0.2) is 11.2 Å². The van der Waals surface area contributed by atoms with Gasteiger partial charge in [0.05, 0.1) is 4.92 Å². The highest BCUT2D eigenvalue weighted by molar-refractivity contribution is 5.75. The Morgan fingerprint density at radius 3 is 2.40 bits per heavy atom. The maximum absolute atomic E-state index is 13.5. The van der Waals surface area contributed by atoms with Gasteiger partial charge < -0.3 is 4.74 Å². The first-order valence-corrected chi connectivity index (χ1v) is 5.38. The monoisotopic (exact) mass is 279 g/mol. The van der Waals surface area contributed by atoms with Gasteiger partial charge in [0, 0.05) is 17.7 Å². The Labute approximate surface area is 111 Å². The molecule has 0 heterocycles. The highest BCUT2D eigenvalue weighted by atomic mass is 19.1. The predicted octanol–water partition coefficient (Wildman–Crippen LogP) is 3.48. The summed E-state index contributed by atoms with van der Waals surface area (Å²) in [6.45, 7) is 0. The Morgan fingerprint density at radius 2 is 1.85 bits per heavy atom. The molecule has 0 fully saturated rings. The topological polar surface area (TPSA) is 69.4 Å². The second kappa shape index (κ2) is 5.43. The van der Waals surface area contributed by atoms with Gasteiger partial charge in [-0.1, -0.05) is 0 Å². The molecule has 0 unspecified atom stereocenters. The van der Waals surface area contributed by atoms with E-state index in [1.165, 1.54) is 12.1 Å². The quantitative estimate of drug-likeness (QED) is 0.488. The molecule has 5 nitrogen and oxygen atoms in total. The van der Waals surface area contributed by atoms with Gasteiger partial charge in [-0.25, -0.2) is 4.39 Å². The fourth-order valence-corrected chi connectivity index (χ4v) is 1.50. The number of nitrogens with zero attached hydrogens (tertiary/aromatic N) is 1. The van der Waals surface area contributed by atoms with Crippen molar-refractivity contribution in [2.24, 2.45) is 0 Å². The summed E-state index contributed by atoms with van der Waals surface area (Å²) in [6, 6.07) is 6.34. The highest BCUT2D eigenvalue weighted by Gasteiger charge is 2.15. The molecule has 2 rings (SSSR count). The van der Waals surface area contributed by atoms with Crippen LogP contribution in [0, 0.1) is 21.7 Å². The first-order chi connectivity index (χ1) is 9.51. The number of nitro benzene ring substituents is 1. The number of ether oxygens (including phenoxy) is 1. The summed E-state index contributed by atoms with van der Waals surface area (Å²) in [7, 11) is 0. The first-order valence-electron chi connectivity index (χ1n) is 5.38. The number of halogens is 2. The number of rotatable bonds is 4. The molecule has 0 aliphatic rings. The maximum Gasteiger partial charge on any atom is 0.305 e. The molecule has 20 heavy (non-hydrogen) atoms. The molecule has 2 aromatic rings. The number of aldehydes is 1. The van der Waals surface area contributed by atoms with Crippen LogP contribution in [0.5, 0.6) is 11.5 Å². The van der Waals surface area contributed by atoms with Crippen LogP contribution in [0.3, 0.4) is 0 Å². The van der Waals surface area contributed by atoms with Crippen molar-refractivity contribution in [1.29, 1.82) is 0 Å². The lowest BCUT2D eigenvalue weighted by atomic mass is 10.2. The van der Waals surface area contributed by atoms with Crippen LogP contribution in [0.1, 0.15) is 10.4 Å². The average Bonchev–Trinajstić information content (AvgIpc) is 2.40. The van der Waals surface area contributed by atoms with Crippen LogP contribution in [0.2, 0.25) is 0 Å². The molecular weight excluding hydrogens is 272 g/mol. The lowest BCUT2D eigenvalue weighted by Crippen LogP contribution is -1.94. The van der Waals surface area contributed by atoms with E-state index >= 15 is 0 Å². The van der Waals surface area contributed by atoms with E-state index in [2.05, 4.69) is 0 Å². The Kier molecular flexibility index (Phi) is 3.69. The smallest absolute Gasteiger partial charge is 0.305 e. The zero-order chi connectivity index (χ0) is 14.7. The summed E-state index contributed by atoms with van der Waals surface area (Å²) >= 11 is 0. The van der Waals surface area contributed by atoms with Crippen LogP contribution in [0.4, 0.5) is 14.5 Å². The largest absolute Gasteiger partial charge is 0.454 e. The van der Waals surface area contributed by atoms with E-state index in [9.17, 15) is 23.7 Å².